The average molecular weight is 293 g/mol. The summed E-state index contributed by atoms with van der Waals surface area (Å²) in [5.74, 6) is 0.502. The quantitative estimate of drug-likeness (QED) is 0.362. The molecule has 1 aromatic heterocycles. The Balaban J connectivity index is 2.22. The first-order valence-corrected chi connectivity index (χ1v) is 6.02. The summed E-state index contributed by atoms with van der Waals surface area (Å²) in [6.45, 7) is 0. The molecular weight excluding hydrogens is 286 g/mol. The summed E-state index contributed by atoms with van der Waals surface area (Å²) in [5.41, 5.74) is -0.697. The molecule has 0 saturated heterocycles. The molecular formula is C11H7N3O5S. The first kappa shape index (κ1) is 13.7. The molecule has 9 heteroatoms. The molecule has 0 radical (unpaired) electrons. The maximum Gasteiger partial charge on any atom is 0.291 e. The van der Waals surface area contributed by atoms with E-state index in [0.717, 1.165) is 18.0 Å². The van der Waals surface area contributed by atoms with E-state index in [2.05, 4.69) is 4.40 Å². The second-order valence-electron chi connectivity index (χ2n) is 3.51. The van der Waals surface area contributed by atoms with Crippen LogP contribution in [0.5, 0.6) is 0 Å². The van der Waals surface area contributed by atoms with E-state index in [4.69, 9.17) is 4.42 Å². The predicted molar refractivity (Wildman–Crippen MR) is 71.9 cm³/mol. The van der Waals surface area contributed by atoms with Gasteiger partial charge in [-0.05, 0) is 18.2 Å². The number of furan rings is 1. The highest BCUT2D eigenvalue weighted by molar-refractivity contribution is 7.98. The molecule has 0 unspecified atom stereocenters. The fourth-order valence-corrected chi connectivity index (χ4v) is 1.97. The summed E-state index contributed by atoms with van der Waals surface area (Å²) < 4.78 is 8.94. The molecule has 0 saturated carbocycles. The summed E-state index contributed by atoms with van der Waals surface area (Å²) >= 11 is 0.839. The Hall–Kier alpha value is -2.68. The molecule has 0 aliphatic heterocycles. The van der Waals surface area contributed by atoms with Crippen molar-refractivity contribution in [3.8, 4) is 0 Å². The van der Waals surface area contributed by atoms with E-state index >= 15 is 0 Å². The molecule has 8 nitrogen and oxygen atoms in total. The van der Waals surface area contributed by atoms with Crippen LogP contribution >= 0.6 is 11.9 Å². The van der Waals surface area contributed by atoms with Gasteiger partial charge in [0.1, 0.15) is 10.7 Å². The maximum atomic E-state index is 10.9. The highest BCUT2D eigenvalue weighted by Gasteiger charge is 2.19. The van der Waals surface area contributed by atoms with E-state index < -0.39 is 9.85 Å². The van der Waals surface area contributed by atoms with Gasteiger partial charge in [-0.3, -0.25) is 20.2 Å². The zero-order valence-corrected chi connectivity index (χ0v) is 10.6. The van der Waals surface area contributed by atoms with Crippen molar-refractivity contribution in [3.63, 3.8) is 0 Å². The number of nitrogens with zero attached hydrogens (tertiary/aromatic N) is 3. The summed E-state index contributed by atoms with van der Waals surface area (Å²) in [7, 11) is 0. The number of non-ortho nitro benzene ring substituents is 1. The number of rotatable bonds is 5. The van der Waals surface area contributed by atoms with Gasteiger partial charge in [-0.2, -0.15) is 0 Å². The first-order valence-electron chi connectivity index (χ1n) is 5.24. The Morgan fingerprint density at radius 3 is 2.60 bits per heavy atom. The molecule has 0 amide bonds. The Morgan fingerprint density at radius 2 is 2.00 bits per heavy atom. The molecule has 1 heterocycles. The zero-order valence-electron chi connectivity index (χ0n) is 9.83. The van der Waals surface area contributed by atoms with Gasteiger partial charge < -0.3 is 4.42 Å². The number of hydrogen-bond donors (Lipinski definition) is 0. The number of nitro groups is 2. The van der Waals surface area contributed by atoms with Crippen molar-refractivity contribution in [1.29, 1.82) is 0 Å². The zero-order chi connectivity index (χ0) is 14.5. The molecule has 2 rings (SSSR count). The lowest BCUT2D eigenvalue weighted by molar-refractivity contribution is -0.396. The molecule has 102 valence electrons. The van der Waals surface area contributed by atoms with Crippen molar-refractivity contribution in [2.75, 3.05) is 0 Å². The van der Waals surface area contributed by atoms with Crippen LogP contribution in [0.3, 0.4) is 0 Å². The van der Waals surface area contributed by atoms with E-state index in [1.54, 1.807) is 12.1 Å². The molecule has 0 fully saturated rings. The lowest BCUT2D eigenvalue weighted by atomic mass is 10.3. The smallest absolute Gasteiger partial charge is 0.291 e. The predicted octanol–water partition coefficient (Wildman–Crippen LogP) is 3.22. The van der Waals surface area contributed by atoms with Crippen LogP contribution in [0, 0.1) is 20.2 Å². The monoisotopic (exact) mass is 293 g/mol. The molecule has 0 aliphatic rings. The van der Waals surface area contributed by atoms with Crippen LogP contribution in [0.15, 0.2) is 50.3 Å². The van der Waals surface area contributed by atoms with Gasteiger partial charge in [0.15, 0.2) is 0 Å². The van der Waals surface area contributed by atoms with Crippen LogP contribution in [-0.4, -0.2) is 16.1 Å². The van der Waals surface area contributed by atoms with E-state index in [1.165, 1.54) is 24.6 Å². The summed E-state index contributed by atoms with van der Waals surface area (Å²) in [5, 5.41) is 21.5. The van der Waals surface area contributed by atoms with Gasteiger partial charge in [0.05, 0.1) is 28.4 Å². The molecule has 1 aromatic carbocycles. The fourth-order valence-electron chi connectivity index (χ4n) is 1.34. The lowest BCUT2D eigenvalue weighted by Gasteiger charge is -1.98. The van der Waals surface area contributed by atoms with Gasteiger partial charge in [-0.1, -0.05) is 0 Å². The first-order chi connectivity index (χ1) is 9.58. The maximum absolute atomic E-state index is 10.9. The minimum absolute atomic E-state index is 0.211. The van der Waals surface area contributed by atoms with Gasteiger partial charge in [0.25, 0.3) is 11.4 Å². The molecule has 20 heavy (non-hydrogen) atoms. The second kappa shape index (κ2) is 5.97. The number of nitro benzene ring substituents is 2. The van der Waals surface area contributed by atoms with E-state index in [1.807, 2.05) is 0 Å². The topological polar surface area (TPSA) is 112 Å². The molecule has 0 spiro atoms. The minimum Gasteiger partial charge on any atom is -0.463 e. The highest BCUT2D eigenvalue weighted by Crippen LogP contribution is 2.32. The van der Waals surface area contributed by atoms with Crippen LogP contribution in [0.4, 0.5) is 11.4 Å². The van der Waals surface area contributed by atoms with Crippen molar-refractivity contribution < 1.29 is 14.3 Å². The van der Waals surface area contributed by atoms with Crippen LogP contribution in [0.25, 0.3) is 0 Å². The van der Waals surface area contributed by atoms with Crippen LogP contribution < -0.4 is 0 Å². The summed E-state index contributed by atoms with van der Waals surface area (Å²) in [6.07, 6.45) is 2.87. The van der Waals surface area contributed by atoms with Crippen LogP contribution in [0.2, 0.25) is 0 Å². The largest absolute Gasteiger partial charge is 0.463 e. The van der Waals surface area contributed by atoms with Gasteiger partial charge in [0.2, 0.25) is 0 Å². The molecule has 0 atom stereocenters. The van der Waals surface area contributed by atoms with Gasteiger partial charge >= 0.3 is 0 Å². The minimum atomic E-state index is -0.687. The van der Waals surface area contributed by atoms with Crippen molar-refractivity contribution in [3.05, 3.63) is 62.6 Å². The van der Waals surface area contributed by atoms with Crippen molar-refractivity contribution >= 4 is 29.5 Å². The Morgan fingerprint density at radius 1 is 1.20 bits per heavy atom. The Labute approximate surface area is 116 Å². The van der Waals surface area contributed by atoms with E-state index in [9.17, 15) is 20.2 Å². The fraction of sp³-hybridized carbons (Fsp3) is 0. The lowest BCUT2D eigenvalue weighted by Crippen LogP contribution is -1.94. The van der Waals surface area contributed by atoms with Crippen molar-refractivity contribution in [1.82, 2.24) is 0 Å². The molecule has 2 aromatic rings. The Kier molecular flexibility index (Phi) is 4.11. The number of hydrogen-bond acceptors (Lipinski definition) is 7. The second-order valence-corrected chi connectivity index (χ2v) is 4.34. The molecule has 0 aliphatic carbocycles. The number of benzene rings is 1. The van der Waals surface area contributed by atoms with E-state index in [0.29, 0.717) is 5.76 Å². The van der Waals surface area contributed by atoms with Gasteiger partial charge in [-0.25, -0.2) is 4.40 Å². The van der Waals surface area contributed by atoms with Crippen molar-refractivity contribution in [2.45, 2.75) is 4.90 Å². The standard InChI is InChI=1S/C11H7N3O5S/c15-13(16)8-3-4-11(10(6-8)14(17)18)20-12-7-9-2-1-5-19-9/h1-7H/b12-7+. The third-order valence-corrected chi connectivity index (χ3v) is 2.98. The normalized spacial score (nSPS) is 10.8. The van der Waals surface area contributed by atoms with Gasteiger partial charge in [-0.15, -0.1) is 0 Å². The summed E-state index contributed by atoms with van der Waals surface area (Å²) in [4.78, 5) is 20.3. The van der Waals surface area contributed by atoms with Crippen molar-refractivity contribution in [2.24, 2.45) is 4.40 Å². The van der Waals surface area contributed by atoms with E-state index in [-0.39, 0.29) is 16.3 Å². The third-order valence-electron chi connectivity index (χ3n) is 2.22. The van der Waals surface area contributed by atoms with Crippen LogP contribution in [-0.2, 0) is 0 Å². The van der Waals surface area contributed by atoms with Gasteiger partial charge in [0, 0.05) is 18.0 Å². The average Bonchev–Trinajstić information content (AvgIpc) is 2.91. The Bertz CT molecular complexity index is 669. The SMILES string of the molecule is O=[N+]([O-])c1ccc(S/N=C/c2ccco2)c([N+](=O)[O-])c1. The molecule has 0 bridgehead atoms. The molecule has 0 N–H and O–H groups in total. The summed E-state index contributed by atoms with van der Waals surface area (Å²) in [6, 6.07) is 6.75. The highest BCUT2D eigenvalue weighted by atomic mass is 32.2. The van der Waals surface area contributed by atoms with Crippen LogP contribution in [0.1, 0.15) is 5.76 Å². The third kappa shape index (κ3) is 3.20.